The van der Waals surface area contributed by atoms with E-state index < -0.39 is 0 Å². The van der Waals surface area contributed by atoms with Gasteiger partial charge in [-0.15, -0.1) is 0 Å². The minimum atomic E-state index is 0.0223. The van der Waals surface area contributed by atoms with Crippen molar-refractivity contribution in [2.75, 3.05) is 49.6 Å². The van der Waals surface area contributed by atoms with Crippen LogP contribution in [0.5, 0.6) is 6.01 Å². The number of likely N-dealkylation sites (tertiary alicyclic amines) is 1. The van der Waals surface area contributed by atoms with Gasteiger partial charge in [-0.25, -0.2) is 0 Å². The van der Waals surface area contributed by atoms with Crippen molar-refractivity contribution in [3.63, 3.8) is 0 Å². The van der Waals surface area contributed by atoms with Crippen LogP contribution in [0, 0.1) is 11.3 Å². The molecule has 2 unspecified atom stereocenters. The van der Waals surface area contributed by atoms with Crippen molar-refractivity contribution in [3.8, 4) is 12.1 Å². The van der Waals surface area contributed by atoms with E-state index in [0.717, 1.165) is 66.0 Å². The SMILES string of the molecule is CN1CCCC1COc1nc2c(c(N3CCNC(CC#N)C3)n1)CCC(=O)N(c1cccc3cccc(Cl)c13)C2. The molecule has 2 fully saturated rings. The Labute approximate surface area is 239 Å². The Morgan fingerprint density at radius 3 is 2.83 bits per heavy atom. The van der Waals surface area contributed by atoms with Crippen LogP contribution >= 0.6 is 11.6 Å². The lowest BCUT2D eigenvalue weighted by Crippen LogP contribution is -2.51. The lowest BCUT2D eigenvalue weighted by atomic mass is 10.1. The first-order valence-corrected chi connectivity index (χ1v) is 14.5. The number of fused-ring (bicyclic) bond motifs is 2. The van der Waals surface area contributed by atoms with E-state index in [1.54, 1.807) is 0 Å². The fourth-order valence-electron chi connectivity index (χ4n) is 6.16. The molecule has 0 spiro atoms. The molecule has 0 saturated carbocycles. The number of likely N-dealkylation sites (N-methyl/N-ethyl adjacent to an activating group) is 1. The van der Waals surface area contributed by atoms with Gasteiger partial charge in [0.2, 0.25) is 5.91 Å². The molecule has 10 heteroatoms. The number of amides is 1. The van der Waals surface area contributed by atoms with Crippen LogP contribution in [0.1, 0.15) is 36.9 Å². The summed E-state index contributed by atoms with van der Waals surface area (Å²) in [4.78, 5) is 29.8. The van der Waals surface area contributed by atoms with Crippen LogP contribution in [-0.4, -0.2) is 72.7 Å². The predicted molar refractivity (Wildman–Crippen MR) is 156 cm³/mol. The van der Waals surface area contributed by atoms with E-state index in [1.807, 2.05) is 41.3 Å². The zero-order chi connectivity index (χ0) is 27.6. The van der Waals surface area contributed by atoms with Gasteiger partial charge in [-0.3, -0.25) is 4.79 Å². The van der Waals surface area contributed by atoms with Crippen LogP contribution in [0.15, 0.2) is 36.4 Å². The van der Waals surface area contributed by atoms with Crippen LogP contribution in [0.3, 0.4) is 0 Å². The van der Waals surface area contributed by atoms with Crippen molar-refractivity contribution < 1.29 is 9.53 Å². The highest BCUT2D eigenvalue weighted by atomic mass is 35.5. The summed E-state index contributed by atoms with van der Waals surface area (Å²) in [5.74, 6) is 0.837. The van der Waals surface area contributed by atoms with Crippen molar-refractivity contribution >= 4 is 39.8 Å². The fourth-order valence-corrected chi connectivity index (χ4v) is 6.44. The molecule has 6 rings (SSSR count). The van der Waals surface area contributed by atoms with Gasteiger partial charge in [0.1, 0.15) is 12.4 Å². The van der Waals surface area contributed by atoms with Crippen LogP contribution in [0.2, 0.25) is 5.02 Å². The normalized spacial score (nSPS) is 21.8. The first-order chi connectivity index (χ1) is 19.5. The molecule has 2 saturated heterocycles. The van der Waals surface area contributed by atoms with E-state index in [0.29, 0.717) is 56.0 Å². The Morgan fingerprint density at radius 2 is 2.02 bits per heavy atom. The van der Waals surface area contributed by atoms with Crippen LogP contribution in [0.4, 0.5) is 11.5 Å². The quantitative estimate of drug-likeness (QED) is 0.485. The molecule has 2 aromatic carbocycles. The minimum absolute atomic E-state index is 0.0223. The number of halogens is 1. The van der Waals surface area contributed by atoms with Crippen LogP contribution in [-0.2, 0) is 17.8 Å². The summed E-state index contributed by atoms with van der Waals surface area (Å²) < 4.78 is 6.25. The van der Waals surface area contributed by atoms with Gasteiger partial charge < -0.3 is 24.8 Å². The Bertz CT molecular complexity index is 1450. The minimum Gasteiger partial charge on any atom is -0.462 e. The molecule has 2 atom stereocenters. The number of anilines is 2. The monoisotopic (exact) mass is 559 g/mol. The van der Waals surface area contributed by atoms with E-state index >= 15 is 0 Å². The molecule has 1 amide bonds. The number of nitrogens with zero attached hydrogens (tertiary/aromatic N) is 6. The van der Waals surface area contributed by atoms with Gasteiger partial charge in [-0.1, -0.05) is 35.9 Å². The number of carbonyl (C=O) groups excluding carboxylic acids is 1. The van der Waals surface area contributed by atoms with Crippen LogP contribution < -0.4 is 19.9 Å². The first kappa shape index (κ1) is 26.8. The van der Waals surface area contributed by atoms with Gasteiger partial charge in [0.25, 0.3) is 0 Å². The highest BCUT2D eigenvalue weighted by Gasteiger charge is 2.31. The molecule has 0 radical (unpaired) electrons. The molecule has 1 N–H and O–H groups in total. The van der Waals surface area contributed by atoms with E-state index in [-0.39, 0.29) is 11.9 Å². The highest BCUT2D eigenvalue weighted by molar-refractivity contribution is 6.37. The van der Waals surface area contributed by atoms with Crippen molar-refractivity contribution in [1.29, 1.82) is 5.26 Å². The van der Waals surface area contributed by atoms with Gasteiger partial charge in [-0.05, 0) is 50.4 Å². The summed E-state index contributed by atoms with van der Waals surface area (Å²) >= 11 is 6.65. The summed E-state index contributed by atoms with van der Waals surface area (Å²) in [6.07, 6.45) is 3.55. The summed E-state index contributed by atoms with van der Waals surface area (Å²) in [5.41, 5.74) is 2.56. The highest BCUT2D eigenvalue weighted by Crippen LogP contribution is 2.37. The van der Waals surface area contributed by atoms with Crippen molar-refractivity contribution in [1.82, 2.24) is 20.2 Å². The average Bonchev–Trinajstić information content (AvgIpc) is 3.30. The Morgan fingerprint density at radius 1 is 1.18 bits per heavy atom. The number of aromatic nitrogens is 2. The summed E-state index contributed by atoms with van der Waals surface area (Å²) in [6, 6.07) is 14.7. The molecule has 9 nitrogen and oxygen atoms in total. The summed E-state index contributed by atoms with van der Waals surface area (Å²) in [6.45, 7) is 4.07. The molecule has 208 valence electrons. The standard InChI is InChI=1S/C30H34ClN7O2/c1-36-15-4-7-22(36)19-40-30-34-25-18-38(26-9-3-6-20-5-2-8-24(31)28(20)26)27(39)11-10-23(25)29(35-30)37-16-14-33-21(17-37)12-13-32/h2-3,5-6,8-9,21-22,33H,4,7,10-12,14-19H2,1H3. The Balaban J connectivity index is 1.39. The second-order valence-corrected chi connectivity index (χ2v) is 11.3. The zero-order valence-electron chi connectivity index (χ0n) is 22.8. The summed E-state index contributed by atoms with van der Waals surface area (Å²) in [7, 11) is 2.12. The second-order valence-electron chi connectivity index (χ2n) is 10.9. The van der Waals surface area contributed by atoms with Gasteiger partial charge in [-0.2, -0.15) is 15.2 Å². The third-order valence-electron chi connectivity index (χ3n) is 8.34. The number of ether oxygens (including phenoxy) is 1. The molecule has 1 aromatic heterocycles. The third-order valence-corrected chi connectivity index (χ3v) is 8.65. The number of hydrogen-bond acceptors (Lipinski definition) is 8. The third kappa shape index (κ3) is 5.31. The van der Waals surface area contributed by atoms with E-state index in [9.17, 15) is 10.1 Å². The number of nitrogens with one attached hydrogen (secondary N) is 1. The molecule has 3 aliphatic heterocycles. The lowest BCUT2D eigenvalue weighted by molar-refractivity contribution is -0.118. The number of benzene rings is 2. The van der Waals surface area contributed by atoms with E-state index in [2.05, 4.69) is 28.2 Å². The molecular weight excluding hydrogens is 526 g/mol. The average molecular weight is 560 g/mol. The maximum absolute atomic E-state index is 13.6. The molecule has 0 aliphatic carbocycles. The molecule has 3 aliphatic rings. The maximum atomic E-state index is 13.6. The summed E-state index contributed by atoms with van der Waals surface area (Å²) in [5, 5.41) is 15.2. The lowest BCUT2D eigenvalue weighted by Gasteiger charge is -2.35. The Kier molecular flexibility index (Phi) is 7.74. The van der Waals surface area contributed by atoms with Crippen molar-refractivity contribution in [2.24, 2.45) is 0 Å². The largest absolute Gasteiger partial charge is 0.462 e. The van der Waals surface area contributed by atoms with Gasteiger partial charge in [0.05, 0.1) is 35.4 Å². The number of piperazine rings is 1. The maximum Gasteiger partial charge on any atom is 0.318 e. The molecule has 40 heavy (non-hydrogen) atoms. The predicted octanol–water partition coefficient (Wildman–Crippen LogP) is 3.93. The second kappa shape index (κ2) is 11.6. The number of hydrogen-bond donors (Lipinski definition) is 1. The fraction of sp³-hybridized carbons (Fsp3) is 0.467. The van der Waals surface area contributed by atoms with Crippen molar-refractivity contribution in [2.45, 2.75) is 50.7 Å². The van der Waals surface area contributed by atoms with Crippen molar-refractivity contribution in [3.05, 3.63) is 52.7 Å². The molecule has 4 heterocycles. The van der Waals surface area contributed by atoms with Gasteiger partial charge >= 0.3 is 6.01 Å². The number of carbonyl (C=O) groups is 1. The molecule has 0 bridgehead atoms. The van der Waals surface area contributed by atoms with Gasteiger partial charge in [0, 0.05) is 49.1 Å². The molecular formula is C30H34ClN7O2. The number of rotatable bonds is 6. The van der Waals surface area contributed by atoms with Crippen LogP contribution in [0.25, 0.3) is 10.8 Å². The van der Waals surface area contributed by atoms with E-state index in [4.69, 9.17) is 26.3 Å². The smallest absolute Gasteiger partial charge is 0.318 e. The first-order valence-electron chi connectivity index (χ1n) is 14.1. The number of nitriles is 1. The van der Waals surface area contributed by atoms with E-state index in [1.165, 1.54) is 0 Å². The van der Waals surface area contributed by atoms with Gasteiger partial charge in [0.15, 0.2) is 0 Å². The zero-order valence-corrected chi connectivity index (χ0v) is 23.5. The topological polar surface area (TPSA) is 97.6 Å². The Hall–Kier alpha value is -3.45. The molecule has 3 aromatic rings.